The maximum Gasteiger partial charge on any atom is 0.404 e. The molecule has 0 aromatic rings. The summed E-state index contributed by atoms with van der Waals surface area (Å²) in [6, 6.07) is 0. The summed E-state index contributed by atoms with van der Waals surface area (Å²) < 4.78 is 10.5. The fourth-order valence-electron chi connectivity index (χ4n) is 1.77. The molecule has 0 heterocycles. The quantitative estimate of drug-likeness (QED) is 0.456. The van der Waals surface area contributed by atoms with Gasteiger partial charge in [0.2, 0.25) is 0 Å². The van der Waals surface area contributed by atoms with E-state index >= 15 is 0 Å². The lowest BCUT2D eigenvalue weighted by Crippen LogP contribution is -2.34. The van der Waals surface area contributed by atoms with Gasteiger partial charge in [0.1, 0.15) is 6.61 Å². The molecule has 1 amide bonds. The number of allylic oxidation sites excluding steroid dienone is 1. The molecule has 104 valence electrons. The number of nitrogens with two attached hydrogens (primary N) is 1. The van der Waals surface area contributed by atoms with Crippen LogP contribution in [0, 0.1) is 5.41 Å². The van der Waals surface area contributed by atoms with Crippen LogP contribution in [0.25, 0.3) is 0 Å². The number of rotatable bonds is 11. The second-order valence-electron chi connectivity index (χ2n) is 4.45. The van der Waals surface area contributed by atoms with Gasteiger partial charge in [-0.05, 0) is 25.7 Å². The lowest BCUT2D eigenvalue weighted by atomic mass is 9.81. The first-order valence-corrected chi connectivity index (χ1v) is 6.32. The van der Waals surface area contributed by atoms with Crippen molar-refractivity contribution < 1.29 is 14.3 Å². The van der Waals surface area contributed by atoms with Crippen molar-refractivity contribution in [3.8, 4) is 0 Å². The average molecular weight is 255 g/mol. The molecule has 0 aliphatic rings. The van der Waals surface area contributed by atoms with E-state index in [0.717, 1.165) is 25.7 Å². The summed E-state index contributed by atoms with van der Waals surface area (Å²) in [5.41, 5.74) is 4.86. The maximum atomic E-state index is 10.7. The van der Waals surface area contributed by atoms with Crippen molar-refractivity contribution in [2.24, 2.45) is 11.1 Å². The Balaban J connectivity index is 4.42. The van der Waals surface area contributed by atoms with Gasteiger partial charge in [-0.15, -0.1) is 13.2 Å². The van der Waals surface area contributed by atoms with E-state index in [1.807, 2.05) is 6.08 Å². The van der Waals surface area contributed by atoms with Gasteiger partial charge in [-0.1, -0.05) is 19.1 Å². The van der Waals surface area contributed by atoms with Gasteiger partial charge in [-0.25, -0.2) is 4.79 Å². The Bertz CT molecular complexity index is 250. The topological polar surface area (TPSA) is 61.6 Å². The summed E-state index contributed by atoms with van der Waals surface area (Å²) in [5, 5.41) is 0. The van der Waals surface area contributed by atoms with Crippen molar-refractivity contribution in [3.05, 3.63) is 25.3 Å². The standard InChI is InChI=1S/C14H25NO3/c1-4-7-8-9-14(6-3,11-17-10-5-2)12-18-13(15)16/h4-5H,1-2,6-12H2,3H3,(H2,15,16). The zero-order chi connectivity index (χ0) is 13.9. The maximum absolute atomic E-state index is 10.7. The molecule has 18 heavy (non-hydrogen) atoms. The molecule has 0 saturated carbocycles. The van der Waals surface area contributed by atoms with Gasteiger partial charge in [-0.3, -0.25) is 0 Å². The molecule has 0 radical (unpaired) electrons. The molecule has 2 N–H and O–H groups in total. The molecular weight excluding hydrogens is 230 g/mol. The highest BCUT2D eigenvalue weighted by Gasteiger charge is 2.29. The highest BCUT2D eigenvalue weighted by molar-refractivity contribution is 5.64. The van der Waals surface area contributed by atoms with E-state index in [2.05, 4.69) is 20.1 Å². The highest BCUT2D eigenvalue weighted by atomic mass is 16.5. The van der Waals surface area contributed by atoms with Gasteiger partial charge >= 0.3 is 6.09 Å². The van der Waals surface area contributed by atoms with Crippen molar-refractivity contribution in [1.29, 1.82) is 0 Å². The van der Waals surface area contributed by atoms with Crippen LogP contribution in [0.5, 0.6) is 0 Å². The molecule has 0 aromatic heterocycles. The van der Waals surface area contributed by atoms with Gasteiger partial charge in [0, 0.05) is 5.41 Å². The van der Waals surface area contributed by atoms with Gasteiger partial charge in [0.05, 0.1) is 13.2 Å². The fraction of sp³-hybridized carbons (Fsp3) is 0.643. The molecule has 0 aromatic carbocycles. The van der Waals surface area contributed by atoms with Crippen molar-refractivity contribution >= 4 is 6.09 Å². The van der Waals surface area contributed by atoms with Crippen LogP contribution in [0.4, 0.5) is 4.79 Å². The highest BCUT2D eigenvalue weighted by Crippen LogP contribution is 2.30. The largest absolute Gasteiger partial charge is 0.449 e. The Labute approximate surface area is 110 Å². The van der Waals surface area contributed by atoms with Gasteiger partial charge < -0.3 is 15.2 Å². The number of ether oxygens (including phenoxy) is 2. The Morgan fingerprint density at radius 1 is 1.33 bits per heavy atom. The fourth-order valence-corrected chi connectivity index (χ4v) is 1.77. The number of carbonyl (C=O) groups excluding carboxylic acids is 1. The van der Waals surface area contributed by atoms with E-state index in [0.29, 0.717) is 19.8 Å². The number of hydrogen-bond donors (Lipinski definition) is 1. The molecule has 0 bridgehead atoms. The van der Waals surface area contributed by atoms with Crippen molar-refractivity contribution in [1.82, 2.24) is 0 Å². The minimum Gasteiger partial charge on any atom is -0.449 e. The molecule has 0 fully saturated rings. The average Bonchev–Trinajstić information content (AvgIpc) is 2.36. The van der Waals surface area contributed by atoms with Crippen molar-refractivity contribution in [2.75, 3.05) is 19.8 Å². The second-order valence-corrected chi connectivity index (χ2v) is 4.45. The van der Waals surface area contributed by atoms with Crippen molar-refractivity contribution in [3.63, 3.8) is 0 Å². The van der Waals surface area contributed by atoms with Gasteiger partial charge in [0.25, 0.3) is 0 Å². The van der Waals surface area contributed by atoms with E-state index in [1.54, 1.807) is 6.08 Å². The monoisotopic (exact) mass is 255 g/mol. The molecule has 4 nitrogen and oxygen atoms in total. The molecule has 0 rings (SSSR count). The SMILES string of the molecule is C=CCCCC(CC)(COCC=C)COC(N)=O. The molecular formula is C14H25NO3. The van der Waals surface area contributed by atoms with E-state index < -0.39 is 6.09 Å². The second kappa shape index (κ2) is 9.71. The van der Waals surface area contributed by atoms with Crippen LogP contribution >= 0.6 is 0 Å². The van der Waals surface area contributed by atoms with Crippen LogP contribution in [-0.4, -0.2) is 25.9 Å². The third-order valence-electron chi connectivity index (χ3n) is 3.03. The number of unbranched alkanes of at least 4 members (excludes halogenated alkanes) is 1. The number of carbonyl (C=O) groups is 1. The predicted molar refractivity (Wildman–Crippen MR) is 73.3 cm³/mol. The molecule has 0 aliphatic heterocycles. The number of primary amides is 1. The van der Waals surface area contributed by atoms with E-state index in [-0.39, 0.29) is 5.41 Å². The van der Waals surface area contributed by atoms with Crippen LogP contribution in [-0.2, 0) is 9.47 Å². The lowest BCUT2D eigenvalue weighted by Gasteiger charge is -2.31. The number of amides is 1. The van der Waals surface area contributed by atoms with Gasteiger partial charge in [0.15, 0.2) is 0 Å². The first-order valence-electron chi connectivity index (χ1n) is 6.32. The summed E-state index contributed by atoms with van der Waals surface area (Å²) in [6.45, 7) is 10.7. The summed E-state index contributed by atoms with van der Waals surface area (Å²) in [4.78, 5) is 10.7. The Morgan fingerprint density at radius 2 is 2.06 bits per heavy atom. The van der Waals surface area contributed by atoms with Crippen LogP contribution in [0.1, 0.15) is 32.6 Å². The van der Waals surface area contributed by atoms with Gasteiger partial charge in [-0.2, -0.15) is 0 Å². The minimum absolute atomic E-state index is 0.166. The third-order valence-corrected chi connectivity index (χ3v) is 3.03. The Kier molecular flexibility index (Phi) is 9.01. The zero-order valence-electron chi connectivity index (χ0n) is 11.3. The zero-order valence-corrected chi connectivity index (χ0v) is 11.3. The Hall–Kier alpha value is -1.29. The van der Waals surface area contributed by atoms with Crippen molar-refractivity contribution in [2.45, 2.75) is 32.6 Å². The van der Waals surface area contributed by atoms with Crippen LogP contribution in [0.2, 0.25) is 0 Å². The summed E-state index contributed by atoms with van der Waals surface area (Å²) in [6.07, 6.45) is 6.59. The molecule has 0 aliphatic carbocycles. The minimum atomic E-state index is -0.736. The summed E-state index contributed by atoms with van der Waals surface area (Å²) in [7, 11) is 0. The Morgan fingerprint density at radius 3 is 2.56 bits per heavy atom. The number of hydrogen-bond acceptors (Lipinski definition) is 3. The summed E-state index contributed by atoms with van der Waals surface area (Å²) >= 11 is 0. The molecule has 0 saturated heterocycles. The lowest BCUT2D eigenvalue weighted by molar-refractivity contribution is 0.000920. The van der Waals surface area contributed by atoms with Crippen LogP contribution < -0.4 is 5.73 Å². The molecule has 1 atom stereocenters. The summed E-state index contributed by atoms with van der Waals surface area (Å²) in [5.74, 6) is 0. The van der Waals surface area contributed by atoms with E-state index in [9.17, 15) is 4.79 Å². The van der Waals surface area contributed by atoms with E-state index in [4.69, 9.17) is 15.2 Å². The third kappa shape index (κ3) is 7.12. The predicted octanol–water partition coefficient (Wildman–Crippen LogP) is 3.04. The van der Waals surface area contributed by atoms with Crippen LogP contribution in [0.15, 0.2) is 25.3 Å². The normalized spacial score (nSPS) is 13.6. The van der Waals surface area contributed by atoms with E-state index in [1.165, 1.54) is 0 Å². The molecule has 0 spiro atoms. The molecule has 1 unspecified atom stereocenters. The molecule has 4 heteroatoms. The first-order chi connectivity index (χ1) is 8.60. The first kappa shape index (κ1) is 16.7. The van der Waals surface area contributed by atoms with Crippen LogP contribution in [0.3, 0.4) is 0 Å². The smallest absolute Gasteiger partial charge is 0.404 e.